The Balaban J connectivity index is 1.60. The minimum atomic E-state index is -1.08. The van der Waals surface area contributed by atoms with E-state index in [1.54, 1.807) is 23.3 Å². The van der Waals surface area contributed by atoms with E-state index in [2.05, 4.69) is 0 Å². The molecule has 2 aliphatic rings. The largest absolute Gasteiger partial charge is 0.497 e. The fraction of sp³-hybridized carbons (Fsp3) is 0.200. The van der Waals surface area contributed by atoms with Crippen molar-refractivity contribution >= 4 is 28.9 Å². The van der Waals surface area contributed by atoms with Crippen LogP contribution >= 0.6 is 0 Å². The minimum absolute atomic E-state index is 0.140. The summed E-state index contributed by atoms with van der Waals surface area (Å²) in [6, 6.07) is 19.0. The van der Waals surface area contributed by atoms with Gasteiger partial charge in [0.2, 0.25) is 5.91 Å². The van der Waals surface area contributed by atoms with Crippen molar-refractivity contribution < 1.29 is 28.8 Å². The number of hydroxylamine groups is 1. The SMILES string of the molecule is COc1ccc(OC)c([C@H]2[C@H]3C(=O)N(c4ccc([N+](=O)[O-])cc4)C(=O)[C@H]3ON2c2ccccc2)c1. The highest BCUT2D eigenvalue weighted by molar-refractivity contribution is 6.24. The zero-order chi connectivity index (χ0) is 24.7. The number of imide groups is 1. The molecule has 0 spiro atoms. The molecule has 3 aromatic rings. The van der Waals surface area contributed by atoms with Crippen molar-refractivity contribution in [2.75, 3.05) is 24.2 Å². The van der Waals surface area contributed by atoms with E-state index >= 15 is 0 Å². The van der Waals surface area contributed by atoms with Crippen LogP contribution in [0.4, 0.5) is 17.1 Å². The lowest BCUT2D eigenvalue weighted by atomic mass is 9.89. The second-order valence-electron chi connectivity index (χ2n) is 8.05. The van der Waals surface area contributed by atoms with Gasteiger partial charge in [-0.1, -0.05) is 18.2 Å². The first-order valence-electron chi connectivity index (χ1n) is 10.8. The first kappa shape index (κ1) is 22.4. The number of carbonyl (C=O) groups excluding carboxylic acids is 2. The molecule has 0 bridgehead atoms. The van der Waals surface area contributed by atoms with Crippen LogP contribution in [0, 0.1) is 16.0 Å². The molecule has 0 saturated carbocycles. The monoisotopic (exact) mass is 475 g/mol. The van der Waals surface area contributed by atoms with Gasteiger partial charge in [-0.05, 0) is 42.5 Å². The molecule has 35 heavy (non-hydrogen) atoms. The van der Waals surface area contributed by atoms with Crippen molar-refractivity contribution in [1.29, 1.82) is 0 Å². The highest BCUT2D eigenvalue weighted by Crippen LogP contribution is 2.50. The second kappa shape index (κ2) is 8.73. The molecule has 0 radical (unpaired) electrons. The maximum Gasteiger partial charge on any atom is 0.269 e. The molecule has 2 amide bonds. The summed E-state index contributed by atoms with van der Waals surface area (Å²) >= 11 is 0. The zero-order valence-corrected chi connectivity index (χ0v) is 18.9. The van der Waals surface area contributed by atoms with Gasteiger partial charge in [-0.15, -0.1) is 0 Å². The molecular weight excluding hydrogens is 454 g/mol. The standard InChI is InChI=1S/C25H21N3O7/c1-33-18-12-13-20(34-2)19(14-18)22-21-23(35-27(22)16-6-4-3-5-7-16)25(30)26(24(21)29)15-8-10-17(11-9-15)28(31)32/h3-14,21-23H,1-2H3/t21-,22+,23+/m1/s1. The lowest BCUT2D eigenvalue weighted by molar-refractivity contribution is -0.384. The van der Waals surface area contributed by atoms with Crippen LogP contribution in [0.25, 0.3) is 0 Å². The average Bonchev–Trinajstić information content (AvgIpc) is 3.39. The predicted octanol–water partition coefficient (Wildman–Crippen LogP) is 3.66. The summed E-state index contributed by atoms with van der Waals surface area (Å²) in [4.78, 5) is 44.8. The van der Waals surface area contributed by atoms with Gasteiger partial charge in [-0.2, -0.15) is 0 Å². The highest BCUT2D eigenvalue weighted by Gasteiger charge is 2.60. The van der Waals surface area contributed by atoms with E-state index in [-0.39, 0.29) is 11.4 Å². The molecule has 2 saturated heterocycles. The molecule has 2 heterocycles. The molecule has 2 fully saturated rings. The smallest absolute Gasteiger partial charge is 0.269 e. The third-order valence-corrected chi connectivity index (χ3v) is 6.20. The minimum Gasteiger partial charge on any atom is -0.497 e. The number of hydrogen-bond acceptors (Lipinski definition) is 8. The quantitative estimate of drug-likeness (QED) is 0.302. The van der Waals surface area contributed by atoms with Gasteiger partial charge in [0.1, 0.15) is 23.5 Å². The molecule has 10 heteroatoms. The summed E-state index contributed by atoms with van der Waals surface area (Å²) in [7, 11) is 3.06. The molecule has 3 aromatic carbocycles. The number of para-hydroxylation sites is 1. The molecule has 0 N–H and O–H groups in total. The van der Waals surface area contributed by atoms with Crippen molar-refractivity contribution in [3.8, 4) is 11.5 Å². The van der Waals surface area contributed by atoms with Crippen LogP contribution in [0.3, 0.4) is 0 Å². The van der Waals surface area contributed by atoms with Crippen molar-refractivity contribution in [2.45, 2.75) is 12.1 Å². The summed E-state index contributed by atoms with van der Waals surface area (Å²) in [5.74, 6) is -0.837. The van der Waals surface area contributed by atoms with Crippen LogP contribution in [-0.4, -0.2) is 37.1 Å². The maximum absolute atomic E-state index is 13.7. The first-order chi connectivity index (χ1) is 16.9. The molecule has 5 rings (SSSR count). The number of benzene rings is 3. The van der Waals surface area contributed by atoms with Crippen LogP contribution in [0.2, 0.25) is 0 Å². The number of nitro benzene ring substituents is 1. The van der Waals surface area contributed by atoms with Crippen LogP contribution in [0.15, 0.2) is 72.8 Å². The van der Waals surface area contributed by atoms with Gasteiger partial charge in [0, 0.05) is 17.7 Å². The second-order valence-corrected chi connectivity index (χ2v) is 8.05. The average molecular weight is 475 g/mol. The third-order valence-electron chi connectivity index (χ3n) is 6.20. The van der Waals surface area contributed by atoms with Crippen LogP contribution < -0.4 is 19.4 Å². The van der Waals surface area contributed by atoms with Gasteiger partial charge in [-0.3, -0.25) is 24.5 Å². The van der Waals surface area contributed by atoms with E-state index in [0.29, 0.717) is 22.7 Å². The highest BCUT2D eigenvalue weighted by atomic mass is 16.7. The number of fused-ring (bicyclic) bond motifs is 1. The van der Waals surface area contributed by atoms with Crippen molar-refractivity contribution in [3.63, 3.8) is 0 Å². The fourth-order valence-corrected chi connectivity index (χ4v) is 4.58. The number of carbonyl (C=O) groups is 2. The number of methoxy groups -OCH3 is 2. The van der Waals surface area contributed by atoms with Crippen LogP contribution in [-0.2, 0) is 14.4 Å². The van der Waals surface area contributed by atoms with E-state index in [1.807, 2.05) is 30.3 Å². The predicted molar refractivity (Wildman–Crippen MR) is 125 cm³/mol. The number of anilines is 2. The van der Waals surface area contributed by atoms with Crippen molar-refractivity contribution in [3.05, 3.63) is 88.5 Å². The number of non-ortho nitro benzene ring substituents is 1. The first-order valence-corrected chi connectivity index (χ1v) is 10.8. The Labute approximate surface area is 200 Å². The molecule has 0 aliphatic carbocycles. The zero-order valence-electron chi connectivity index (χ0n) is 18.9. The van der Waals surface area contributed by atoms with Gasteiger partial charge in [0.25, 0.3) is 11.6 Å². The summed E-state index contributed by atoms with van der Waals surface area (Å²) in [6.07, 6.45) is -1.08. The molecule has 10 nitrogen and oxygen atoms in total. The molecule has 2 aliphatic heterocycles. The Morgan fingerprint density at radius 3 is 2.23 bits per heavy atom. The summed E-state index contributed by atoms with van der Waals surface area (Å²) < 4.78 is 11.0. The number of nitro groups is 1. The van der Waals surface area contributed by atoms with E-state index < -0.39 is 34.8 Å². The summed E-state index contributed by atoms with van der Waals surface area (Å²) in [5, 5.41) is 12.6. The molecule has 0 aromatic heterocycles. The van der Waals surface area contributed by atoms with Gasteiger partial charge < -0.3 is 9.47 Å². The summed E-state index contributed by atoms with van der Waals surface area (Å²) in [5.41, 5.74) is 1.39. The fourth-order valence-electron chi connectivity index (χ4n) is 4.58. The topological polar surface area (TPSA) is 111 Å². The van der Waals surface area contributed by atoms with Gasteiger partial charge in [0.05, 0.1) is 30.5 Å². The molecular formula is C25H21N3O7. The number of amides is 2. The Kier molecular flexibility index (Phi) is 5.58. The van der Waals surface area contributed by atoms with E-state index in [0.717, 1.165) is 4.90 Å². The van der Waals surface area contributed by atoms with Crippen LogP contribution in [0.5, 0.6) is 11.5 Å². The Bertz CT molecular complexity index is 1300. The van der Waals surface area contributed by atoms with Crippen molar-refractivity contribution in [1.82, 2.24) is 0 Å². The number of hydrogen-bond donors (Lipinski definition) is 0. The molecule has 178 valence electrons. The number of nitrogens with zero attached hydrogens (tertiary/aromatic N) is 3. The van der Waals surface area contributed by atoms with Crippen molar-refractivity contribution in [2.24, 2.45) is 5.92 Å². The van der Waals surface area contributed by atoms with E-state index in [9.17, 15) is 19.7 Å². The lowest BCUT2D eigenvalue weighted by Gasteiger charge is -2.29. The van der Waals surface area contributed by atoms with E-state index in [4.69, 9.17) is 14.3 Å². The Morgan fingerprint density at radius 2 is 1.60 bits per heavy atom. The number of rotatable bonds is 6. The Hall–Kier alpha value is -4.44. The van der Waals surface area contributed by atoms with Gasteiger partial charge in [-0.25, -0.2) is 9.96 Å². The normalized spacial score (nSPS) is 21.3. The Morgan fingerprint density at radius 1 is 0.886 bits per heavy atom. The van der Waals surface area contributed by atoms with Crippen LogP contribution in [0.1, 0.15) is 11.6 Å². The summed E-state index contributed by atoms with van der Waals surface area (Å²) in [6.45, 7) is 0. The van der Waals surface area contributed by atoms with Gasteiger partial charge in [0.15, 0.2) is 6.10 Å². The lowest BCUT2D eigenvalue weighted by Crippen LogP contribution is -2.37. The van der Waals surface area contributed by atoms with E-state index in [1.165, 1.54) is 38.5 Å². The van der Waals surface area contributed by atoms with Gasteiger partial charge >= 0.3 is 0 Å². The maximum atomic E-state index is 13.7. The number of ether oxygens (including phenoxy) is 2. The molecule has 0 unspecified atom stereocenters. The molecule has 3 atom stereocenters. The third kappa shape index (κ3) is 3.64.